The Morgan fingerprint density at radius 2 is 1.54 bits per heavy atom. The zero-order valence-electron chi connectivity index (χ0n) is 9.39. The molecule has 0 spiro atoms. The molecule has 0 radical (unpaired) electrons. The molecule has 0 unspecified atom stereocenters. The first-order chi connectivity index (χ1) is 6.24. The molecule has 1 aromatic carbocycles. The Balaban J connectivity index is 0.000000671. The van der Waals surface area contributed by atoms with E-state index >= 15 is 0 Å². The maximum atomic E-state index is 2.16. The zero-order valence-corrected chi connectivity index (χ0v) is 9.39. The van der Waals surface area contributed by atoms with Gasteiger partial charge in [0, 0.05) is 0 Å². The average Bonchev–Trinajstić information content (AvgIpc) is 2.21. The van der Waals surface area contributed by atoms with Crippen LogP contribution in [0.3, 0.4) is 0 Å². The van der Waals surface area contributed by atoms with Crippen molar-refractivity contribution in [3.63, 3.8) is 0 Å². The average molecular weight is 176 g/mol. The molecule has 13 heavy (non-hydrogen) atoms. The van der Waals surface area contributed by atoms with E-state index in [0.29, 0.717) is 0 Å². The molecule has 0 aromatic heterocycles. The third-order valence-electron chi connectivity index (χ3n) is 1.94. The molecule has 0 N–H and O–H groups in total. The van der Waals surface area contributed by atoms with E-state index in [1.165, 1.54) is 16.7 Å². The Morgan fingerprint density at radius 3 is 1.92 bits per heavy atom. The summed E-state index contributed by atoms with van der Waals surface area (Å²) in [6.07, 6.45) is 2.13. The normalized spacial score (nSPS) is 10.4. The molecule has 0 aliphatic rings. The lowest BCUT2D eigenvalue weighted by atomic mass is 10.1. The molecule has 0 heterocycles. The van der Waals surface area contributed by atoms with E-state index in [4.69, 9.17) is 0 Å². The van der Waals surface area contributed by atoms with Crippen LogP contribution in [-0.2, 0) is 0 Å². The first kappa shape index (κ1) is 12.0. The Labute approximate surface area is 82.3 Å². The maximum absolute atomic E-state index is 2.16. The summed E-state index contributed by atoms with van der Waals surface area (Å²) < 4.78 is 0. The van der Waals surface area contributed by atoms with Crippen LogP contribution in [0.4, 0.5) is 0 Å². The first-order valence-corrected chi connectivity index (χ1v) is 4.94. The van der Waals surface area contributed by atoms with Crippen molar-refractivity contribution >= 4 is 5.57 Å². The van der Waals surface area contributed by atoms with Gasteiger partial charge in [-0.3, -0.25) is 0 Å². The van der Waals surface area contributed by atoms with Gasteiger partial charge in [0.15, 0.2) is 0 Å². The first-order valence-electron chi connectivity index (χ1n) is 4.94. The highest BCUT2D eigenvalue weighted by Crippen LogP contribution is 2.13. The van der Waals surface area contributed by atoms with Gasteiger partial charge in [0.05, 0.1) is 0 Å². The predicted octanol–water partition coefficient (Wildman–Crippen LogP) is 4.44. The molecular weight excluding hydrogens is 156 g/mol. The van der Waals surface area contributed by atoms with Crippen molar-refractivity contribution in [1.29, 1.82) is 0 Å². The van der Waals surface area contributed by atoms with Gasteiger partial charge in [-0.05, 0) is 31.9 Å². The van der Waals surface area contributed by atoms with E-state index < -0.39 is 0 Å². The fourth-order valence-corrected chi connectivity index (χ4v) is 0.983. The van der Waals surface area contributed by atoms with Crippen molar-refractivity contribution in [3.05, 3.63) is 41.5 Å². The summed E-state index contributed by atoms with van der Waals surface area (Å²) in [5.74, 6) is 0. The van der Waals surface area contributed by atoms with E-state index in [2.05, 4.69) is 51.1 Å². The lowest BCUT2D eigenvalue weighted by molar-refractivity contribution is 1.44. The summed E-state index contributed by atoms with van der Waals surface area (Å²) in [6.45, 7) is 10.3. The quantitative estimate of drug-likeness (QED) is 0.593. The molecule has 0 nitrogen and oxygen atoms in total. The maximum Gasteiger partial charge on any atom is -0.0230 e. The Kier molecular flexibility index (Phi) is 5.96. The summed E-state index contributed by atoms with van der Waals surface area (Å²) in [6, 6.07) is 8.60. The van der Waals surface area contributed by atoms with Gasteiger partial charge >= 0.3 is 0 Å². The monoisotopic (exact) mass is 176 g/mol. The Bertz CT molecular complexity index is 252. The van der Waals surface area contributed by atoms with Crippen LogP contribution in [0, 0.1) is 6.92 Å². The summed E-state index contributed by atoms with van der Waals surface area (Å²) in [4.78, 5) is 0. The van der Waals surface area contributed by atoms with Crippen LogP contribution in [0.15, 0.2) is 30.3 Å². The van der Waals surface area contributed by atoms with Crippen molar-refractivity contribution < 1.29 is 0 Å². The fraction of sp³-hybridized carbons (Fsp3) is 0.385. The van der Waals surface area contributed by atoms with Gasteiger partial charge < -0.3 is 0 Å². The van der Waals surface area contributed by atoms with Gasteiger partial charge in [-0.25, -0.2) is 0 Å². The van der Waals surface area contributed by atoms with E-state index in [1.54, 1.807) is 0 Å². The number of hydrogen-bond donors (Lipinski definition) is 0. The molecule has 0 bridgehead atoms. The lowest BCUT2D eigenvalue weighted by Gasteiger charge is -1.99. The lowest BCUT2D eigenvalue weighted by Crippen LogP contribution is -1.78. The highest BCUT2D eigenvalue weighted by Gasteiger charge is 1.91. The van der Waals surface area contributed by atoms with Gasteiger partial charge in [-0.1, -0.05) is 49.8 Å². The second-order valence-corrected chi connectivity index (χ2v) is 2.84. The van der Waals surface area contributed by atoms with Gasteiger partial charge in [0.2, 0.25) is 0 Å². The number of benzene rings is 1. The minimum absolute atomic E-state index is 1.32. The highest BCUT2D eigenvalue weighted by molar-refractivity contribution is 5.63. The molecule has 0 fully saturated rings. The summed E-state index contributed by atoms with van der Waals surface area (Å²) in [7, 11) is 0. The second-order valence-electron chi connectivity index (χ2n) is 2.84. The van der Waals surface area contributed by atoms with Crippen molar-refractivity contribution in [1.82, 2.24) is 0 Å². The molecule has 0 heteroatoms. The van der Waals surface area contributed by atoms with Gasteiger partial charge in [0.1, 0.15) is 0 Å². The van der Waals surface area contributed by atoms with Crippen LogP contribution >= 0.6 is 0 Å². The predicted molar refractivity (Wildman–Crippen MR) is 61.9 cm³/mol. The largest absolute Gasteiger partial charge is 0.0841 e. The smallest absolute Gasteiger partial charge is 0.0230 e. The van der Waals surface area contributed by atoms with E-state index in [9.17, 15) is 0 Å². The molecule has 0 atom stereocenters. The van der Waals surface area contributed by atoms with Crippen molar-refractivity contribution in [3.8, 4) is 0 Å². The van der Waals surface area contributed by atoms with E-state index in [-0.39, 0.29) is 0 Å². The standard InChI is InChI=1S/C11H14.C2H6/c1-4-10(3)11-7-5-9(2)6-8-11;1-2/h4-8H,1-3H3;1-2H3/b10-4+;. The minimum Gasteiger partial charge on any atom is -0.0841 e. The molecule has 0 aliphatic carbocycles. The van der Waals surface area contributed by atoms with Crippen molar-refractivity contribution in [2.24, 2.45) is 0 Å². The second kappa shape index (κ2) is 6.47. The number of allylic oxidation sites excluding steroid dienone is 2. The van der Waals surface area contributed by atoms with Crippen LogP contribution in [0.2, 0.25) is 0 Å². The minimum atomic E-state index is 1.32. The van der Waals surface area contributed by atoms with Crippen molar-refractivity contribution in [2.45, 2.75) is 34.6 Å². The van der Waals surface area contributed by atoms with Crippen molar-refractivity contribution in [2.75, 3.05) is 0 Å². The number of aryl methyl sites for hydroxylation is 1. The molecule has 1 aromatic rings. The third-order valence-corrected chi connectivity index (χ3v) is 1.94. The van der Waals surface area contributed by atoms with Gasteiger partial charge in [-0.15, -0.1) is 0 Å². The molecule has 0 aliphatic heterocycles. The molecule has 0 saturated carbocycles. The number of rotatable bonds is 1. The number of hydrogen-bond acceptors (Lipinski definition) is 0. The summed E-state index contributed by atoms with van der Waals surface area (Å²) in [5, 5.41) is 0. The van der Waals surface area contributed by atoms with E-state index in [1.807, 2.05) is 13.8 Å². The van der Waals surface area contributed by atoms with Crippen LogP contribution in [0.5, 0.6) is 0 Å². The van der Waals surface area contributed by atoms with Crippen LogP contribution in [-0.4, -0.2) is 0 Å². The summed E-state index contributed by atoms with van der Waals surface area (Å²) >= 11 is 0. The zero-order chi connectivity index (χ0) is 10.3. The Morgan fingerprint density at radius 1 is 1.08 bits per heavy atom. The third kappa shape index (κ3) is 3.93. The van der Waals surface area contributed by atoms with Gasteiger partial charge in [0.25, 0.3) is 0 Å². The van der Waals surface area contributed by atoms with Crippen LogP contribution in [0.1, 0.15) is 38.8 Å². The molecule has 1 rings (SSSR count). The summed E-state index contributed by atoms with van der Waals surface area (Å²) in [5.41, 5.74) is 3.97. The highest BCUT2D eigenvalue weighted by atomic mass is 14.0. The van der Waals surface area contributed by atoms with E-state index in [0.717, 1.165) is 0 Å². The molecule has 0 amide bonds. The van der Waals surface area contributed by atoms with Crippen LogP contribution < -0.4 is 0 Å². The molecular formula is C13H20. The SMILES string of the molecule is C/C=C(\C)c1ccc(C)cc1.CC. The fourth-order valence-electron chi connectivity index (χ4n) is 0.983. The van der Waals surface area contributed by atoms with Gasteiger partial charge in [-0.2, -0.15) is 0 Å². The van der Waals surface area contributed by atoms with Crippen LogP contribution in [0.25, 0.3) is 5.57 Å². The molecule has 72 valence electrons. The molecule has 0 saturated heterocycles. The Hall–Kier alpha value is -1.04. The topological polar surface area (TPSA) is 0 Å².